The first kappa shape index (κ1) is 12.5. The highest BCUT2D eigenvalue weighted by molar-refractivity contribution is 5.66. The van der Waals surface area contributed by atoms with Crippen molar-refractivity contribution >= 4 is 6.09 Å². The molecule has 0 saturated heterocycles. The van der Waals surface area contributed by atoms with Crippen molar-refractivity contribution in [3.63, 3.8) is 0 Å². The Kier molecular flexibility index (Phi) is 3.89. The molecule has 0 saturated carbocycles. The zero-order chi connectivity index (χ0) is 12.2. The number of aryl methyl sites for hydroxylation is 1. The molecule has 16 heavy (non-hydrogen) atoms. The molecular weight excluding hydrogens is 208 g/mol. The molecule has 1 amide bonds. The van der Waals surface area contributed by atoms with Crippen LogP contribution in [0.2, 0.25) is 0 Å². The van der Waals surface area contributed by atoms with Gasteiger partial charge in [0, 0.05) is 19.4 Å². The molecule has 0 bridgehead atoms. The Morgan fingerprint density at radius 3 is 2.75 bits per heavy atom. The number of ether oxygens (including phenoxy) is 1. The van der Waals surface area contributed by atoms with E-state index in [9.17, 15) is 4.79 Å². The number of carbonyl (C=O) groups excluding carboxylic acids is 1. The molecule has 1 aromatic heterocycles. The summed E-state index contributed by atoms with van der Waals surface area (Å²) < 4.78 is 6.91. The second-order valence-corrected chi connectivity index (χ2v) is 4.43. The molecule has 0 spiro atoms. The van der Waals surface area contributed by atoms with Crippen LogP contribution in [0, 0.1) is 0 Å². The van der Waals surface area contributed by atoms with Crippen LogP contribution in [-0.2, 0) is 18.3 Å². The SMILES string of the molecule is Cn1ccnc1CNNC(=O)OC(C)(C)C. The summed E-state index contributed by atoms with van der Waals surface area (Å²) in [4.78, 5) is 15.3. The number of amides is 1. The van der Waals surface area contributed by atoms with Gasteiger partial charge in [-0.05, 0) is 20.8 Å². The van der Waals surface area contributed by atoms with Crippen LogP contribution >= 0.6 is 0 Å². The van der Waals surface area contributed by atoms with Gasteiger partial charge in [-0.1, -0.05) is 0 Å². The molecule has 0 fully saturated rings. The number of carbonyl (C=O) groups is 1. The van der Waals surface area contributed by atoms with Gasteiger partial charge in [-0.3, -0.25) is 5.43 Å². The molecule has 0 unspecified atom stereocenters. The number of nitrogens with one attached hydrogen (secondary N) is 2. The molecule has 6 heteroatoms. The van der Waals surface area contributed by atoms with E-state index < -0.39 is 11.7 Å². The van der Waals surface area contributed by atoms with Gasteiger partial charge >= 0.3 is 6.09 Å². The number of hydrazine groups is 1. The normalized spacial score (nSPS) is 11.2. The summed E-state index contributed by atoms with van der Waals surface area (Å²) in [6.07, 6.45) is 3.04. The Morgan fingerprint density at radius 2 is 2.25 bits per heavy atom. The molecule has 0 aliphatic carbocycles. The van der Waals surface area contributed by atoms with E-state index in [0.717, 1.165) is 5.82 Å². The first-order valence-corrected chi connectivity index (χ1v) is 5.06. The van der Waals surface area contributed by atoms with Crippen LogP contribution in [-0.4, -0.2) is 21.2 Å². The molecule has 0 aromatic carbocycles. The lowest BCUT2D eigenvalue weighted by Crippen LogP contribution is -2.41. The zero-order valence-electron chi connectivity index (χ0n) is 10.1. The summed E-state index contributed by atoms with van der Waals surface area (Å²) in [6.45, 7) is 5.88. The quantitative estimate of drug-likeness (QED) is 0.753. The predicted molar refractivity (Wildman–Crippen MR) is 59.4 cm³/mol. The molecular formula is C10H18N4O2. The predicted octanol–water partition coefficient (Wildman–Crippen LogP) is 0.949. The van der Waals surface area contributed by atoms with Crippen LogP contribution in [0.5, 0.6) is 0 Å². The maximum Gasteiger partial charge on any atom is 0.422 e. The van der Waals surface area contributed by atoms with Gasteiger partial charge in [-0.25, -0.2) is 15.2 Å². The lowest BCUT2D eigenvalue weighted by atomic mass is 10.2. The Hall–Kier alpha value is -1.56. The lowest BCUT2D eigenvalue weighted by Gasteiger charge is -2.19. The van der Waals surface area contributed by atoms with Crippen molar-refractivity contribution in [2.75, 3.05) is 0 Å². The number of hydrogen-bond donors (Lipinski definition) is 2. The summed E-state index contributed by atoms with van der Waals surface area (Å²) in [6, 6.07) is 0. The summed E-state index contributed by atoms with van der Waals surface area (Å²) in [5.41, 5.74) is 4.69. The van der Waals surface area contributed by atoms with Crippen molar-refractivity contribution in [2.45, 2.75) is 32.9 Å². The van der Waals surface area contributed by atoms with E-state index in [1.165, 1.54) is 0 Å². The van der Waals surface area contributed by atoms with E-state index >= 15 is 0 Å². The smallest absolute Gasteiger partial charge is 0.422 e. The van der Waals surface area contributed by atoms with Gasteiger partial charge in [0.25, 0.3) is 0 Å². The third kappa shape index (κ3) is 4.31. The third-order valence-electron chi connectivity index (χ3n) is 1.76. The van der Waals surface area contributed by atoms with Gasteiger partial charge in [-0.15, -0.1) is 0 Å². The van der Waals surface area contributed by atoms with Crippen LogP contribution in [0.3, 0.4) is 0 Å². The average molecular weight is 226 g/mol. The van der Waals surface area contributed by atoms with Crippen molar-refractivity contribution in [3.8, 4) is 0 Å². The number of nitrogens with zero attached hydrogens (tertiary/aromatic N) is 2. The fourth-order valence-electron chi connectivity index (χ4n) is 1.07. The number of hydrogen-bond acceptors (Lipinski definition) is 4. The van der Waals surface area contributed by atoms with Gasteiger partial charge < -0.3 is 9.30 Å². The minimum absolute atomic E-state index is 0.447. The molecule has 90 valence electrons. The highest BCUT2D eigenvalue weighted by Gasteiger charge is 2.15. The van der Waals surface area contributed by atoms with E-state index in [1.807, 2.05) is 38.6 Å². The monoisotopic (exact) mass is 226 g/mol. The minimum atomic E-state index is -0.498. The number of imidazole rings is 1. The van der Waals surface area contributed by atoms with Crippen LogP contribution < -0.4 is 10.9 Å². The van der Waals surface area contributed by atoms with Gasteiger partial charge in [0.2, 0.25) is 0 Å². The largest absolute Gasteiger partial charge is 0.443 e. The van der Waals surface area contributed by atoms with Crippen LogP contribution in [0.15, 0.2) is 12.4 Å². The highest BCUT2D eigenvalue weighted by Crippen LogP contribution is 2.05. The average Bonchev–Trinajstić information content (AvgIpc) is 2.48. The van der Waals surface area contributed by atoms with Crippen LogP contribution in [0.4, 0.5) is 4.79 Å². The zero-order valence-corrected chi connectivity index (χ0v) is 10.1. The second-order valence-electron chi connectivity index (χ2n) is 4.43. The maximum absolute atomic E-state index is 11.2. The molecule has 0 aliphatic rings. The van der Waals surface area contributed by atoms with Crippen molar-refractivity contribution in [2.24, 2.45) is 7.05 Å². The Morgan fingerprint density at radius 1 is 1.56 bits per heavy atom. The van der Waals surface area contributed by atoms with Gasteiger partial charge in [0.15, 0.2) is 0 Å². The molecule has 1 heterocycles. The maximum atomic E-state index is 11.2. The van der Waals surface area contributed by atoms with Gasteiger partial charge in [0.1, 0.15) is 11.4 Å². The summed E-state index contributed by atoms with van der Waals surface area (Å²) in [5.74, 6) is 0.830. The van der Waals surface area contributed by atoms with E-state index in [0.29, 0.717) is 6.54 Å². The minimum Gasteiger partial charge on any atom is -0.443 e. The summed E-state index contributed by atoms with van der Waals surface area (Å²) in [5, 5.41) is 0. The molecule has 0 aliphatic heterocycles. The molecule has 6 nitrogen and oxygen atoms in total. The first-order chi connectivity index (χ1) is 7.38. The molecule has 0 atom stereocenters. The fourth-order valence-corrected chi connectivity index (χ4v) is 1.07. The molecule has 2 N–H and O–H groups in total. The Balaban J connectivity index is 2.26. The van der Waals surface area contributed by atoms with Crippen LogP contribution in [0.25, 0.3) is 0 Å². The van der Waals surface area contributed by atoms with E-state index in [4.69, 9.17) is 4.74 Å². The van der Waals surface area contributed by atoms with Crippen molar-refractivity contribution in [1.82, 2.24) is 20.4 Å². The van der Waals surface area contributed by atoms with Crippen LogP contribution in [0.1, 0.15) is 26.6 Å². The van der Waals surface area contributed by atoms with Crippen molar-refractivity contribution in [1.29, 1.82) is 0 Å². The van der Waals surface area contributed by atoms with E-state index in [1.54, 1.807) is 6.20 Å². The lowest BCUT2D eigenvalue weighted by molar-refractivity contribution is 0.0496. The summed E-state index contributed by atoms with van der Waals surface area (Å²) >= 11 is 0. The van der Waals surface area contributed by atoms with Gasteiger partial charge in [-0.2, -0.15) is 0 Å². The Bertz CT molecular complexity index is 354. The molecule has 1 rings (SSSR count). The molecule has 0 radical (unpaired) electrons. The van der Waals surface area contributed by atoms with E-state index in [2.05, 4.69) is 15.8 Å². The first-order valence-electron chi connectivity index (χ1n) is 5.06. The summed E-state index contributed by atoms with van der Waals surface area (Å²) in [7, 11) is 1.89. The molecule has 1 aromatic rings. The number of aromatic nitrogens is 2. The fraction of sp³-hybridized carbons (Fsp3) is 0.600. The van der Waals surface area contributed by atoms with E-state index in [-0.39, 0.29) is 0 Å². The van der Waals surface area contributed by atoms with Gasteiger partial charge in [0.05, 0.1) is 6.54 Å². The number of rotatable bonds is 3. The third-order valence-corrected chi connectivity index (χ3v) is 1.76. The Labute approximate surface area is 95.0 Å². The highest BCUT2D eigenvalue weighted by atomic mass is 16.6. The topological polar surface area (TPSA) is 68.2 Å². The van der Waals surface area contributed by atoms with Crippen molar-refractivity contribution < 1.29 is 9.53 Å². The standard InChI is InChI=1S/C10H18N4O2/c1-10(2,3)16-9(15)13-12-7-8-11-5-6-14(8)4/h5-6,12H,7H2,1-4H3,(H,13,15). The second kappa shape index (κ2) is 4.98. The van der Waals surface area contributed by atoms with Crippen molar-refractivity contribution in [3.05, 3.63) is 18.2 Å².